The maximum Gasteiger partial charge on any atom is 0.328 e. The van der Waals surface area contributed by atoms with E-state index in [9.17, 15) is 14.4 Å². The molecule has 1 atom stereocenters. The minimum atomic E-state index is -1.38. The Morgan fingerprint density at radius 3 is 2.44 bits per heavy atom. The van der Waals surface area contributed by atoms with Gasteiger partial charge in [-0.2, -0.15) is 0 Å². The molecule has 0 aliphatic rings. The van der Waals surface area contributed by atoms with Crippen LogP contribution < -0.4 is 10.7 Å². The van der Waals surface area contributed by atoms with Crippen LogP contribution in [0.1, 0.15) is 15.9 Å². The summed E-state index contributed by atoms with van der Waals surface area (Å²) in [5, 5.41) is 20.6. The Morgan fingerprint density at radius 2 is 1.81 bits per heavy atom. The van der Waals surface area contributed by atoms with Gasteiger partial charge in [0.25, 0.3) is 5.91 Å². The molecule has 3 rings (SSSR count). The van der Waals surface area contributed by atoms with E-state index >= 15 is 0 Å². The second kappa shape index (κ2) is 7.43. The number of aliphatic hydroxyl groups excluding tert-OH is 1. The van der Waals surface area contributed by atoms with Gasteiger partial charge >= 0.3 is 5.97 Å². The summed E-state index contributed by atoms with van der Waals surface area (Å²) < 4.78 is 5.79. The predicted octanol–water partition coefficient (Wildman–Crippen LogP) is 1.94. The van der Waals surface area contributed by atoms with Crippen LogP contribution in [0.3, 0.4) is 0 Å². The van der Waals surface area contributed by atoms with Gasteiger partial charge in [-0.15, -0.1) is 0 Å². The van der Waals surface area contributed by atoms with Crippen molar-refractivity contribution in [2.75, 3.05) is 6.61 Å². The maximum atomic E-state index is 12.3. The topological polar surface area (TPSA) is 117 Å². The molecule has 138 valence electrons. The summed E-state index contributed by atoms with van der Waals surface area (Å²) in [5.74, 6) is -1.59. The molecule has 3 N–H and O–H groups in total. The van der Waals surface area contributed by atoms with Gasteiger partial charge in [-0.05, 0) is 31.2 Å². The zero-order valence-corrected chi connectivity index (χ0v) is 14.4. The van der Waals surface area contributed by atoms with Gasteiger partial charge in [-0.1, -0.05) is 23.8 Å². The lowest BCUT2D eigenvalue weighted by molar-refractivity contribution is -0.140. The first-order chi connectivity index (χ1) is 12.9. The number of amides is 1. The second-order valence-corrected chi connectivity index (χ2v) is 6.10. The summed E-state index contributed by atoms with van der Waals surface area (Å²) in [6.07, 6.45) is 0. The van der Waals surface area contributed by atoms with E-state index in [1.807, 2.05) is 13.0 Å². The lowest BCUT2D eigenvalue weighted by Crippen LogP contribution is -2.43. The van der Waals surface area contributed by atoms with Gasteiger partial charge in [0.1, 0.15) is 11.3 Å². The molecule has 0 saturated heterocycles. The number of rotatable bonds is 5. The highest BCUT2D eigenvalue weighted by molar-refractivity contribution is 5.97. The fourth-order valence-electron chi connectivity index (χ4n) is 2.63. The van der Waals surface area contributed by atoms with Gasteiger partial charge in [-0.25, -0.2) is 4.79 Å². The molecule has 0 spiro atoms. The number of fused-ring (bicyclic) bond motifs is 1. The van der Waals surface area contributed by atoms with Crippen molar-refractivity contribution in [3.63, 3.8) is 0 Å². The second-order valence-electron chi connectivity index (χ2n) is 6.10. The first kappa shape index (κ1) is 18.3. The van der Waals surface area contributed by atoms with E-state index < -0.39 is 24.5 Å². The fourth-order valence-corrected chi connectivity index (χ4v) is 2.63. The molecule has 0 aliphatic carbocycles. The van der Waals surface area contributed by atoms with Crippen LogP contribution >= 0.6 is 0 Å². The number of aliphatic carboxylic acids is 1. The Kier molecular flexibility index (Phi) is 5.05. The average molecular weight is 367 g/mol. The number of hydrogen-bond donors (Lipinski definition) is 3. The first-order valence-corrected chi connectivity index (χ1v) is 8.18. The fraction of sp³-hybridized carbons (Fsp3) is 0.150. The highest BCUT2D eigenvalue weighted by Crippen LogP contribution is 2.23. The summed E-state index contributed by atoms with van der Waals surface area (Å²) >= 11 is 0. The van der Waals surface area contributed by atoms with Crippen LogP contribution in [-0.4, -0.2) is 34.7 Å². The van der Waals surface area contributed by atoms with Gasteiger partial charge in [-0.3, -0.25) is 9.59 Å². The summed E-state index contributed by atoms with van der Waals surface area (Å²) in [5.41, 5.74) is 2.09. The number of carbonyl (C=O) groups is 2. The molecule has 0 aliphatic heterocycles. The summed E-state index contributed by atoms with van der Waals surface area (Å²) in [7, 11) is 0. The van der Waals surface area contributed by atoms with Crippen LogP contribution in [0.2, 0.25) is 0 Å². The van der Waals surface area contributed by atoms with E-state index in [2.05, 4.69) is 5.32 Å². The van der Waals surface area contributed by atoms with Crippen molar-refractivity contribution in [2.24, 2.45) is 0 Å². The van der Waals surface area contributed by atoms with Crippen LogP contribution in [0.25, 0.3) is 22.3 Å². The van der Waals surface area contributed by atoms with Crippen molar-refractivity contribution in [1.82, 2.24) is 5.32 Å². The molecule has 1 aromatic heterocycles. The standard InChI is InChI=1S/C20H17NO6/c1-11-2-7-17-14(8-11)16(23)9-18(27-17)12-3-5-13(6-4-12)19(24)21-15(10-22)20(25)26/h2-9,15,22H,10H2,1H3,(H,21,24)(H,25,26). The van der Waals surface area contributed by atoms with Crippen molar-refractivity contribution in [1.29, 1.82) is 0 Å². The van der Waals surface area contributed by atoms with Crippen LogP contribution in [0, 0.1) is 6.92 Å². The monoisotopic (exact) mass is 367 g/mol. The molecule has 1 amide bonds. The number of carboxylic acid groups (broad SMARTS) is 1. The molecule has 7 heteroatoms. The molecule has 0 bridgehead atoms. The Morgan fingerprint density at radius 1 is 1.11 bits per heavy atom. The molecule has 1 heterocycles. The first-order valence-electron chi connectivity index (χ1n) is 8.18. The van der Waals surface area contributed by atoms with Gasteiger partial charge in [0.05, 0.1) is 12.0 Å². The lowest BCUT2D eigenvalue weighted by Gasteiger charge is -2.11. The van der Waals surface area contributed by atoms with Crippen molar-refractivity contribution >= 4 is 22.8 Å². The Bertz CT molecular complexity index is 1070. The molecule has 27 heavy (non-hydrogen) atoms. The van der Waals surface area contributed by atoms with E-state index in [4.69, 9.17) is 14.6 Å². The largest absolute Gasteiger partial charge is 0.480 e. The third-order valence-electron chi connectivity index (χ3n) is 4.10. The van der Waals surface area contributed by atoms with Crippen molar-refractivity contribution < 1.29 is 24.2 Å². The smallest absolute Gasteiger partial charge is 0.328 e. The highest BCUT2D eigenvalue weighted by atomic mass is 16.4. The Balaban J connectivity index is 1.88. The molecular weight excluding hydrogens is 350 g/mol. The van der Waals surface area contributed by atoms with Crippen LogP contribution in [0.15, 0.2) is 57.7 Å². The number of aliphatic hydroxyl groups is 1. The number of benzene rings is 2. The van der Waals surface area contributed by atoms with E-state index in [0.29, 0.717) is 22.3 Å². The summed E-state index contributed by atoms with van der Waals surface area (Å²) in [6, 6.07) is 11.5. The van der Waals surface area contributed by atoms with E-state index in [-0.39, 0.29) is 11.0 Å². The number of hydrogen-bond acceptors (Lipinski definition) is 5. The van der Waals surface area contributed by atoms with Crippen LogP contribution in [-0.2, 0) is 4.79 Å². The van der Waals surface area contributed by atoms with Gasteiger partial charge in [0.15, 0.2) is 11.5 Å². The summed E-state index contributed by atoms with van der Waals surface area (Å²) in [4.78, 5) is 35.3. The molecule has 3 aromatic rings. The number of nitrogens with one attached hydrogen (secondary N) is 1. The minimum absolute atomic E-state index is 0.163. The van der Waals surface area contributed by atoms with Gasteiger partial charge in [0, 0.05) is 17.2 Å². The van der Waals surface area contributed by atoms with Crippen LogP contribution in [0.5, 0.6) is 0 Å². The zero-order valence-electron chi connectivity index (χ0n) is 14.4. The maximum absolute atomic E-state index is 12.3. The molecule has 7 nitrogen and oxygen atoms in total. The third-order valence-corrected chi connectivity index (χ3v) is 4.10. The average Bonchev–Trinajstić information content (AvgIpc) is 2.66. The molecule has 1 unspecified atom stereocenters. The molecular formula is C20H17NO6. The van der Waals surface area contributed by atoms with Crippen molar-refractivity contribution in [2.45, 2.75) is 13.0 Å². The van der Waals surface area contributed by atoms with E-state index in [0.717, 1.165) is 5.56 Å². The quantitative estimate of drug-likeness (QED) is 0.634. The predicted molar refractivity (Wildman–Crippen MR) is 98.6 cm³/mol. The lowest BCUT2D eigenvalue weighted by atomic mass is 10.1. The van der Waals surface area contributed by atoms with Gasteiger partial charge in [0.2, 0.25) is 0 Å². The van der Waals surface area contributed by atoms with Crippen molar-refractivity contribution in [3.05, 3.63) is 69.9 Å². The SMILES string of the molecule is Cc1ccc2oc(-c3ccc(C(=O)NC(CO)C(=O)O)cc3)cc(=O)c2c1. The highest BCUT2D eigenvalue weighted by Gasteiger charge is 2.19. The summed E-state index contributed by atoms with van der Waals surface area (Å²) in [6.45, 7) is 1.18. The number of carbonyl (C=O) groups excluding carboxylic acids is 1. The van der Waals surface area contributed by atoms with Gasteiger partial charge < -0.3 is 19.9 Å². The third kappa shape index (κ3) is 3.88. The Labute approximate surface area is 153 Å². The number of aryl methyl sites for hydroxylation is 1. The number of carboxylic acids is 1. The molecule has 0 fully saturated rings. The minimum Gasteiger partial charge on any atom is -0.480 e. The molecule has 0 saturated carbocycles. The van der Waals surface area contributed by atoms with Crippen molar-refractivity contribution in [3.8, 4) is 11.3 Å². The Hall–Kier alpha value is -3.45. The van der Waals surface area contributed by atoms with E-state index in [1.54, 1.807) is 24.3 Å². The normalized spacial score (nSPS) is 11.9. The zero-order chi connectivity index (χ0) is 19.6. The molecule has 2 aromatic carbocycles. The van der Waals surface area contributed by atoms with E-state index in [1.165, 1.54) is 18.2 Å². The molecule has 0 radical (unpaired) electrons. The van der Waals surface area contributed by atoms with Crippen LogP contribution in [0.4, 0.5) is 0 Å².